The molecule has 0 aliphatic heterocycles. The summed E-state index contributed by atoms with van der Waals surface area (Å²) in [6.07, 6.45) is 1.55. The second-order valence-corrected chi connectivity index (χ2v) is 5.03. The number of benzene rings is 1. The highest BCUT2D eigenvalue weighted by Crippen LogP contribution is 2.16. The van der Waals surface area contributed by atoms with Gasteiger partial charge in [0.05, 0.1) is 0 Å². The number of rotatable bonds is 4. The molecule has 1 aromatic carbocycles. The molecule has 0 atom stereocenters. The van der Waals surface area contributed by atoms with E-state index in [-0.39, 0.29) is 5.78 Å². The van der Waals surface area contributed by atoms with Gasteiger partial charge in [0.25, 0.3) is 0 Å². The van der Waals surface area contributed by atoms with Gasteiger partial charge >= 0.3 is 0 Å². The number of carbonyl (C=O) groups is 1. The van der Waals surface area contributed by atoms with Crippen molar-refractivity contribution >= 4 is 11.5 Å². The summed E-state index contributed by atoms with van der Waals surface area (Å²) in [6, 6.07) is 9.60. The van der Waals surface area contributed by atoms with E-state index in [9.17, 15) is 4.79 Å². The number of ketones is 1. The molecule has 0 bridgehead atoms. The van der Waals surface area contributed by atoms with Crippen molar-refractivity contribution in [2.75, 3.05) is 5.32 Å². The fraction of sp³-hybridized carbons (Fsp3) is 0.235. The molecule has 0 aliphatic carbocycles. The fourth-order valence-corrected chi connectivity index (χ4v) is 1.92. The third kappa shape index (κ3) is 3.38. The summed E-state index contributed by atoms with van der Waals surface area (Å²) in [5.74, 6) is 0.970. The predicted octanol–water partition coefficient (Wildman–Crippen LogP) is 4.40. The lowest BCUT2D eigenvalue weighted by Gasteiger charge is -2.08. The molecule has 0 fully saturated rings. The zero-order chi connectivity index (χ0) is 14.7. The Balaban J connectivity index is 2.10. The standard InChI is InChI=1S/C17H19NO2/c1-11-5-7-15(9-12(11)2)18-13(3)10-16(19)17-8-6-14(4)20-17/h5-10,18H,1-4H3. The third-order valence-corrected chi connectivity index (χ3v) is 3.18. The van der Waals surface area contributed by atoms with E-state index in [1.165, 1.54) is 11.1 Å². The van der Waals surface area contributed by atoms with E-state index in [4.69, 9.17) is 4.42 Å². The van der Waals surface area contributed by atoms with Crippen LogP contribution in [-0.4, -0.2) is 5.78 Å². The first-order valence-corrected chi connectivity index (χ1v) is 6.59. The molecule has 0 saturated carbocycles. The molecule has 20 heavy (non-hydrogen) atoms. The Labute approximate surface area is 119 Å². The summed E-state index contributed by atoms with van der Waals surface area (Å²) in [7, 11) is 0. The van der Waals surface area contributed by atoms with Crippen molar-refractivity contribution in [3.8, 4) is 0 Å². The molecular weight excluding hydrogens is 250 g/mol. The lowest BCUT2D eigenvalue weighted by molar-refractivity contribution is 0.102. The summed E-state index contributed by atoms with van der Waals surface area (Å²) < 4.78 is 5.31. The van der Waals surface area contributed by atoms with E-state index in [2.05, 4.69) is 31.3 Å². The van der Waals surface area contributed by atoms with Gasteiger partial charge in [0, 0.05) is 17.5 Å². The molecule has 104 valence electrons. The number of allylic oxidation sites excluding steroid dienone is 2. The topological polar surface area (TPSA) is 42.2 Å². The van der Waals surface area contributed by atoms with E-state index >= 15 is 0 Å². The molecule has 0 amide bonds. The molecule has 0 aliphatic rings. The molecule has 1 aromatic heterocycles. The Morgan fingerprint density at radius 3 is 2.45 bits per heavy atom. The molecule has 3 heteroatoms. The van der Waals surface area contributed by atoms with Gasteiger partial charge in [-0.15, -0.1) is 0 Å². The molecule has 0 spiro atoms. The Bertz CT molecular complexity index is 665. The lowest BCUT2D eigenvalue weighted by Crippen LogP contribution is -2.01. The minimum Gasteiger partial charge on any atom is -0.458 e. The largest absolute Gasteiger partial charge is 0.458 e. The van der Waals surface area contributed by atoms with Gasteiger partial charge in [0.1, 0.15) is 5.76 Å². The van der Waals surface area contributed by atoms with Gasteiger partial charge in [0.2, 0.25) is 5.78 Å². The molecule has 2 rings (SSSR count). The molecule has 0 saturated heterocycles. The number of aryl methyl sites for hydroxylation is 3. The van der Waals surface area contributed by atoms with E-state index < -0.39 is 0 Å². The van der Waals surface area contributed by atoms with E-state index in [1.807, 2.05) is 19.9 Å². The minimum atomic E-state index is -0.132. The maximum absolute atomic E-state index is 12.0. The van der Waals surface area contributed by atoms with Crippen LogP contribution in [0.2, 0.25) is 0 Å². The Morgan fingerprint density at radius 1 is 1.10 bits per heavy atom. The average Bonchev–Trinajstić information content (AvgIpc) is 2.80. The second-order valence-electron chi connectivity index (χ2n) is 5.03. The van der Waals surface area contributed by atoms with Crippen LogP contribution in [0.4, 0.5) is 5.69 Å². The van der Waals surface area contributed by atoms with Crippen LogP contribution in [0, 0.1) is 20.8 Å². The highest BCUT2D eigenvalue weighted by atomic mass is 16.3. The number of hydrogen-bond acceptors (Lipinski definition) is 3. The van der Waals surface area contributed by atoms with Crippen LogP contribution in [0.1, 0.15) is 34.4 Å². The zero-order valence-electron chi connectivity index (χ0n) is 12.3. The van der Waals surface area contributed by atoms with E-state index in [1.54, 1.807) is 18.2 Å². The van der Waals surface area contributed by atoms with Crippen molar-refractivity contribution in [1.82, 2.24) is 0 Å². The maximum atomic E-state index is 12.0. The van der Waals surface area contributed by atoms with Crippen molar-refractivity contribution in [1.29, 1.82) is 0 Å². The van der Waals surface area contributed by atoms with Gasteiger partial charge in [-0.2, -0.15) is 0 Å². The SMILES string of the molecule is CC(=CC(=O)c1ccc(C)o1)Nc1ccc(C)c(C)c1. The Hall–Kier alpha value is -2.29. The first-order valence-electron chi connectivity index (χ1n) is 6.59. The third-order valence-electron chi connectivity index (χ3n) is 3.18. The number of hydrogen-bond donors (Lipinski definition) is 1. The molecule has 0 unspecified atom stereocenters. The number of furan rings is 1. The molecular formula is C17H19NO2. The monoisotopic (exact) mass is 269 g/mol. The smallest absolute Gasteiger partial charge is 0.222 e. The second kappa shape index (κ2) is 5.78. The van der Waals surface area contributed by atoms with Gasteiger partial charge < -0.3 is 9.73 Å². The normalized spacial score (nSPS) is 11.5. The zero-order valence-corrected chi connectivity index (χ0v) is 12.3. The molecule has 0 radical (unpaired) electrons. The van der Waals surface area contributed by atoms with E-state index in [0.717, 1.165) is 17.1 Å². The van der Waals surface area contributed by atoms with Crippen LogP contribution in [0.3, 0.4) is 0 Å². The van der Waals surface area contributed by atoms with Crippen LogP contribution < -0.4 is 5.32 Å². The first-order chi connectivity index (χ1) is 9.45. The first kappa shape index (κ1) is 14.1. The number of carbonyl (C=O) groups excluding carboxylic acids is 1. The van der Waals surface area contributed by atoms with Gasteiger partial charge in [-0.25, -0.2) is 0 Å². The molecule has 1 N–H and O–H groups in total. The molecule has 1 heterocycles. The average molecular weight is 269 g/mol. The highest BCUT2D eigenvalue weighted by Gasteiger charge is 2.07. The summed E-state index contributed by atoms with van der Waals surface area (Å²) in [5, 5.41) is 3.22. The quantitative estimate of drug-likeness (QED) is 0.660. The summed E-state index contributed by atoms with van der Waals surface area (Å²) >= 11 is 0. The Morgan fingerprint density at radius 2 is 1.85 bits per heavy atom. The van der Waals surface area contributed by atoms with Crippen LogP contribution in [0.25, 0.3) is 0 Å². The van der Waals surface area contributed by atoms with Crippen LogP contribution in [0.5, 0.6) is 0 Å². The minimum absolute atomic E-state index is 0.132. The van der Waals surface area contributed by atoms with E-state index in [0.29, 0.717) is 5.76 Å². The molecule has 2 aromatic rings. The molecule has 3 nitrogen and oxygen atoms in total. The van der Waals surface area contributed by atoms with Crippen molar-refractivity contribution < 1.29 is 9.21 Å². The van der Waals surface area contributed by atoms with Crippen molar-refractivity contribution in [3.05, 3.63) is 64.8 Å². The Kier molecular flexibility index (Phi) is 4.08. The summed E-state index contributed by atoms with van der Waals surface area (Å²) in [5.41, 5.74) is 4.23. The van der Waals surface area contributed by atoms with Gasteiger partial charge in [0.15, 0.2) is 5.76 Å². The van der Waals surface area contributed by atoms with Crippen molar-refractivity contribution in [3.63, 3.8) is 0 Å². The summed E-state index contributed by atoms with van der Waals surface area (Å²) in [4.78, 5) is 12.0. The van der Waals surface area contributed by atoms with Crippen molar-refractivity contribution in [2.24, 2.45) is 0 Å². The van der Waals surface area contributed by atoms with Crippen LogP contribution >= 0.6 is 0 Å². The van der Waals surface area contributed by atoms with Crippen LogP contribution in [0.15, 0.2) is 46.5 Å². The van der Waals surface area contributed by atoms with Gasteiger partial charge in [-0.3, -0.25) is 4.79 Å². The predicted molar refractivity (Wildman–Crippen MR) is 81.1 cm³/mol. The highest BCUT2D eigenvalue weighted by molar-refractivity contribution is 6.03. The number of nitrogens with one attached hydrogen (secondary N) is 1. The van der Waals surface area contributed by atoms with Gasteiger partial charge in [-0.1, -0.05) is 6.07 Å². The number of anilines is 1. The lowest BCUT2D eigenvalue weighted by atomic mass is 10.1. The van der Waals surface area contributed by atoms with Crippen LogP contribution in [-0.2, 0) is 0 Å². The van der Waals surface area contributed by atoms with Crippen molar-refractivity contribution in [2.45, 2.75) is 27.7 Å². The fourth-order valence-electron chi connectivity index (χ4n) is 1.92. The van der Waals surface area contributed by atoms with Gasteiger partial charge in [-0.05, 0) is 63.1 Å². The summed E-state index contributed by atoms with van der Waals surface area (Å²) in [6.45, 7) is 7.82. The maximum Gasteiger partial charge on any atom is 0.222 e.